The standard InChI is InChI=1S/C16H11BrN2O/c17-14-6-5-12(18)8-13(14)16(20)11-7-10-3-1-2-4-15(10)19-9-11/h1-9H,18H2. The highest BCUT2D eigenvalue weighted by Gasteiger charge is 2.13. The third kappa shape index (κ3) is 2.30. The lowest BCUT2D eigenvalue weighted by atomic mass is 10.0. The van der Waals surface area contributed by atoms with Crippen molar-refractivity contribution in [2.75, 3.05) is 5.73 Å². The zero-order chi connectivity index (χ0) is 14.1. The average molecular weight is 327 g/mol. The topological polar surface area (TPSA) is 56.0 Å². The van der Waals surface area contributed by atoms with E-state index in [9.17, 15) is 4.79 Å². The Morgan fingerprint density at radius 3 is 2.75 bits per heavy atom. The van der Waals surface area contributed by atoms with E-state index in [1.54, 1.807) is 24.4 Å². The van der Waals surface area contributed by atoms with Crippen LogP contribution >= 0.6 is 15.9 Å². The molecule has 3 nitrogen and oxygen atoms in total. The van der Waals surface area contributed by atoms with Gasteiger partial charge in [-0.3, -0.25) is 9.78 Å². The van der Waals surface area contributed by atoms with Crippen LogP contribution in [-0.2, 0) is 0 Å². The van der Waals surface area contributed by atoms with Gasteiger partial charge in [0.1, 0.15) is 0 Å². The van der Waals surface area contributed by atoms with Crippen LogP contribution in [-0.4, -0.2) is 10.8 Å². The van der Waals surface area contributed by atoms with Crippen molar-refractivity contribution in [3.05, 3.63) is 70.3 Å². The van der Waals surface area contributed by atoms with Gasteiger partial charge in [-0.1, -0.05) is 34.1 Å². The molecule has 0 aliphatic rings. The van der Waals surface area contributed by atoms with Crippen molar-refractivity contribution >= 4 is 38.3 Å². The fourth-order valence-electron chi connectivity index (χ4n) is 2.07. The number of anilines is 1. The smallest absolute Gasteiger partial charge is 0.195 e. The van der Waals surface area contributed by atoms with Crippen molar-refractivity contribution in [3.8, 4) is 0 Å². The second-order valence-electron chi connectivity index (χ2n) is 4.49. The summed E-state index contributed by atoms with van der Waals surface area (Å²) in [6.45, 7) is 0. The first-order valence-electron chi connectivity index (χ1n) is 6.09. The maximum Gasteiger partial charge on any atom is 0.195 e. The third-order valence-electron chi connectivity index (χ3n) is 3.09. The molecule has 0 atom stereocenters. The number of carbonyl (C=O) groups is 1. The quantitative estimate of drug-likeness (QED) is 0.575. The number of nitrogens with two attached hydrogens (primary N) is 1. The Morgan fingerprint density at radius 2 is 1.90 bits per heavy atom. The van der Waals surface area contributed by atoms with Crippen LogP contribution in [0.2, 0.25) is 0 Å². The van der Waals surface area contributed by atoms with Gasteiger partial charge in [0.05, 0.1) is 5.52 Å². The first-order chi connectivity index (χ1) is 9.65. The summed E-state index contributed by atoms with van der Waals surface area (Å²) in [4.78, 5) is 16.8. The number of pyridine rings is 1. The molecule has 0 aliphatic heterocycles. The number of benzene rings is 2. The summed E-state index contributed by atoms with van der Waals surface area (Å²) in [7, 11) is 0. The van der Waals surface area contributed by atoms with E-state index in [4.69, 9.17) is 5.73 Å². The molecule has 20 heavy (non-hydrogen) atoms. The summed E-state index contributed by atoms with van der Waals surface area (Å²) >= 11 is 3.38. The van der Waals surface area contributed by atoms with E-state index in [0.717, 1.165) is 15.4 Å². The lowest BCUT2D eigenvalue weighted by Crippen LogP contribution is -2.04. The minimum atomic E-state index is -0.0950. The number of ketones is 1. The minimum Gasteiger partial charge on any atom is -0.399 e. The van der Waals surface area contributed by atoms with Gasteiger partial charge in [0.25, 0.3) is 0 Å². The number of fused-ring (bicyclic) bond motifs is 1. The molecule has 0 unspecified atom stereocenters. The summed E-state index contributed by atoms with van der Waals surface area (Å²) in [5, 5.41) is 0.943. The van der Waals surface area contributed by atoms with Crippen LogP contribution in [0.25, 0.3) is 10.9 Å². The minimum absolute atomic E-state index is 0.0950. The van der Waals surface area contributed by atoms with Crippen molar-refractivity contribution in [1.82, 2.24) is 4.98 Å². The van der Waals surface area contributed by atoms with Crippen molar-refractivity contribution in [1.29, 1.82) is 0 Å². The Bertz CT molecular complexity index is 814. The van der Waals surface area contributed by atoms with Gasteiger partial charge >= 0.3 is 0 Å². The van der Waals surface area contributed by atoms with Crippen LogP contribution in [0, 0.1) is 0 Å². The van der Waals surface area contributed by atoms with Gasteiger partial charge < -0.3 is 5.73 Å². The van der Waals surface area contributed by atoms with E-state index in [1.807, 2.05) is 30.3 Å². The number of nitrogens with zero attached hydrogens (tertiary/aromatic N) is 1. The molecule has 0 aliphatic carbocycles. The molecule has 0 spiro atoms. The zero-order valence-electron chi connectivity index (χ0n) is 10.5. The van der Waals surface area contributed by atoms with E-state index >= 15 is 0 Å². The number of hydrogen-bond donors (Lipinski definition) is 1. The summed E-state index contributed by atoms with van der Waals surface area (Å²) in [5.41, 5.74) is 8.27. The fourth-order valence-corrected chi connectivity index (χ4v) is 2.49. The van der Waals surface area contributed by atoms with Gasteiger partial charge in [-0.25, -0.2) is 0 Å². The normalized spacial score (nSPS) is 10.7. The summed E-state index contributed by atoms with van der Waals surface area (Å²) < 4.78 is 0.727. The lowest BCUT2D eigenvalue weighted by molar-refractivity contribution is 0.103. The Hall–Kier alpha value is -2.20. The summed E-state index contributed by atoms with van der Waals surface area (Å²) in [5.74, 6) is -0.0950. The highest BCUT2D eigenvalue weighted by Crippen LogP contribution is 2.23. The number of nitrogen functional groups attached to an aromatic ring is 1. The molecule has 0 saturated heterocycles. The van der Waals surface area contributed by atoms with Gasteiger partial charge in [0.15, 0.2) is 5.78 Å². The first kappa shape index (κ1) is 12.8. The predicted octanol–water partition coefficient (Wildman–Crippen LogP) is 3.81. The highest BCUT2D eigenvalue weighted by atomic mass is 79.9. The molecule has 4 heteroatoms. The molecule has 3 rings (SSSR count). The zero-order valence-corrected chi connectivity index (χ0v) is 12.1. The number of hydrogen-bond acceptors (Lipinski definition) is 3. The number of aromatic nitrogens is 1. The van der Waals surface area contributed by atoms with Gasteiger partial charge in [0.2, 0.25) is 0 Å². The maximum absolute atomic E-state index is 12.5. The summed E-state index contributed by atoms with van der Waals surface area (Å²) in [6, 6.07) is 14.7. The molecule has 2 aromatic carbocycles. The largest absolute Gasteiger partial charge is 0.399 e. The monoisotopic (exact) mass is 326 g/mol. The van der Waals surface area contributed by atoms with E-state index in [0.29, 0.717) is 16.8 Å². The Kier molecular flexibility index (Phi) is 3.24. The van der Waals surface area contributed by atoms with E-state index in [-0.39, 0.29) is 5.78 Å². The molecule has 0 saturated carbocycles. The SMILES string of the molecule is Nc1ccc(Br)c(C(=O)c2cnc3ccccc3c2)c1. The van der Waals surface area contributed by atoms with E-state index in [2.05, 4.69) is 20.9 Å². The van der Waals surface area contributed by atoms with Crippen molar-refractivity contribution in [3.63, 3.8) is 0 Å². The highest BCUT2D eigenvalue weighted by molar-refractivity contribution is 9.10. The molecule has 2 N–H and O–H groups in total. The Labute approximate surface area is 124 Å². The number of para-hydroxylation sites is 1. The van der Waals surface area contributed by atoms with Crippen molar-refractivity contribution in [2.45, 2.75) is 0 Å². The molecule has 1 aromatic heterocycles. The molecule has 3 aromatic rings. The van der Waals surface area contributed by atoms with Gasteiger partial charge in [-0.15, -0.1) is 0 Å². The molecule has 0 radical (unpaired) electrons. The Morgan fingerprint density at radius 1 is 1.10 bits per heavy atom. The number of rotatable bonds is 2. The lowest BCUT2D eigenvalue weighted by Gasteiger charge is -2.06. The van der Waals surface area contributed by atoms with Gasteiger partial charge in [-0.05, 0) is 30.3 Å². The maximum atomic E-state index is 12.5. The van der Waals surface area contributed by atoms with Crippen LogP contribution in [0.15, 0.2) is 59.2 Å². The molecule has 0 amide bonds. The number of carbonyl (C=O) groups excluding carboxylic acids is 1. The molecular weight excluding hydrogens is 316 g/mol. The average Bonchev–Trinajstić information content (AvgIpc) is 2.48. The molecule has 1 heterocycles. The first-order valence-corrected chi connectivity index (χ1v) is 6.89. The van der Waals surface area contributed by atoms with Crippen molar-refractivity contribution in [2.24, 2.45) is 0 Å². The van der Waals surface area contributed by atoms with Crippen LogP contribution in [0.4, 0.5) is 5.69 Å². The summed E-state index contributed by atoms with van der Waals surface area (Å²) in [6.07, 6.45) is 1.60. The third-order valence-corrected chi connectivity index (χ3v) is 3.78. The Balaban J connectivity index is 2.10. The van der Waals surface area contributed by atoms with Crippen LogP contribution < -0.4 is 5.73 Å². The van der Waals surface area contributed by atoms with Gasteiger partial charge in [0, 0.05) is 32.9 Å². The number of halogens is 1. The van der Waals surface area contributed by atoms with Gasteiger partial charge in [-0.2, -0.15) is 0 Å². The van der Waals surface area contributed by atoms with E-state index in [1.165, 1.54) is 0 Å². The molecule has 0 bridgehead atoms. The van der Waals surface area contributed by atoms with Crippen LogP contribution in [0.3, 0.4) is 0 Å². The second kappa shape index (κ2) is 5.06. The van der Waals surface area contributed by atoms with E-state index < -0.39 is 0 Å². The second-order valence-corrected chi connectivity index (χ2v) is 5.34. The molecular formula is C16H11BrN2O. The molecule has 98 valence electrons. The predicted molar refractivity (Wildman–Crippen MR) is 83.7 cm³/mol. The van der Waals surface area contributed by atoms with Crippen LogP contribution in [0.5, 0.6) is 0 Å². The fraction of sp³-hybridized carbons (Fsp3) is 0. The van der Waals surface area contributed by atoms with Crippen LogP contribution in [0.1, 0.15) is 15.9 Å². The molecule has 0 fully saturated rings. The van der Waals surface area contributed by atoms with Crippen molar-refractivity contribution < 1.29 is 4.79 Å².